The Hall–Kier alpha value is -3.35. The van der Waals surface area contributed by atoms with Crippen LogP contribution in [0.1, 0.15) is 69.3 Å². The third kappa shape index (κ3) is 7.39. The van der Waals surface area contributed by atoms with Crippen molar-refractivity contribution in [3.05, 3.63) is 41.3 Å². The predicted octanol–water partition coefficient (Wildman–Crippen LogP) is 5.24. The van der Waals surface area contributed by atoms with Gasteiger partial charge in [0.05, 0.1) is 37.6 Å². The molecule has 3 unspecified atom stereocenters. The number of aryl methyl sites for hydroxylation is 2. The van der Waals surface area contributed by atoms with Crippen LogP contribution in [0.3, 0.4) is 0 Å². The Morgan fingerprint density at radius 3 is 2.53 bits per heavy atom. The maximum Gasteiger partial charge on any atom is 0.410 e. The quantitative estimate of drug-likeness (QED) is 0.311. The number of likely N-dealkylation sites (tertiary alicyclic amines) is 1. The summed E-state index contributed by atoms with van der Waals surface area (Å²) in [7, 11) is 0. The second kappa shape index (κ2) is 13.2. The number of amides is 1. The number of hydrogen-bond acceptors (Lipinski definition) is 9. The molecule has 12 heteroatoms. The molecule has 3 atom stereocenters. The van der Waals surface area contributed by atoms with Crippen molar-refractivity contribution in [2.75, 3.05) is 50.9 Å². The first-order valence-electron chi connectivity index (χ1n) is 16.1. The van der Waals surface area contributed by atoms with E-state index in [4.69, 9.17) is 23.9 Å². The number of carbonyl (C=O) groups excluding carboxylic acids is 1. The van der Waals surface area contributed by atoms with Gasteiger partial charge in [0.15, 0.2) is 12.1 Å². The molecule has 1 aromatic carbocycles. The van der Waals surface area contributed by atoms with Gasteiger partial charge in [0, 0.05) is 43.6 Å². The molecule has 0 spiro atoms. The third-order valence-corrected chi connectivity index (χ3v) is 8.63. The Bertz CT molecular complexity index is 1500. The molecule has 0 N–H and O–H groups in total. The van der Waals surface area contributed by atoms with Crippen molar-refractivity contribution in [1.29, 1.82) is 0 Å². The topological polar surface area (TPSA) is 104 Å². The van der Waals surface area contributed by atoms with E-state index in [9.17, 15) is 4.79 Å². The number of rotatable bonds is 8. The normalized spacial score (nSPS) is 22.9. The summed E-state index contributed by atoms with van der Waals surface area (Å²) in [6, 6.07) is 6.02. The van der Waals surface area contributed by atoms with E-state index in [0.29, 0.717) is 37.8 Å². The molecule has 3 aliphatic rings. The van der Waals surface area contributed by atoms with Gasteiger partial charge >= 0.3 is 6.09 Å². The van der Waals surface area contributed by atoms with Crippen molar-refractivity contribution in [2.24, 2.45) is 0 Å². The third-order valence-electron chi connectivity index (χ3n) is 8.63. The Labute approximate surface area is 264 Å². The van der Waals surface area contributed by atoms with Crippen LogP contribution in [0.25, 0.3) is 16.7 Å². The van der Waals surface area contributed by atoms with Gasteiger partial charge in [-0.2, -0.15) is 5.10 Å². The minimum absolute atomic E-state index is 0.00723. The highest BCUT2D eigenvalue weighted by molar-refractivity contribution is 5.82. The second-order valence-electron chi connectivity index (χ2n) is 13.4. The number of nitrogens with zero attached hydrogens (tertiary/aromatic N) is 6. The fourth-order valence-electron chi connectivity index (χ4n) is 6.31. The number of carbonyl (C=O) groups is 1. The number of ether oxygens (including phenoxy) is 4. The molecule has 3 aliphatic heterocycles. The van der Waals surface area contributed by atoms with Crippen LogP contribution in [0.15, 0.2) is 24.4 Å². The van der Waals surface area contributed by atoms with Gasteiger partial charge in [-0.3, -0.25) is 0 Å². The first-order valence-corrected chi connectivity index (χ1v) is 16.1. The average molecular weight is 625 g/mol. The van der Waals surface area contributed by atoms with Crippen LogP contribution in [-0.2, 0) is 18.9 Å². The van der Waals surface area contributed by atoms with Crippen molar-refractivity contribution in [3.63, 3.8) is 0 Å². The molecule has 0 saturated carbocycles. The lowest BCUT2D eigenvalue weighted by Crippen LogP contribution is -2.53. The van der Waals surface area contributed by atoms with Gasteiger partial charge in [-0.1, -0.05) is 0 Å². The molecular weight excluding hydrogens is 579 g/mol. The minimum Gasteiger partial charge on any atom is -0.444 e. The first kappa shape index (κ1) is 31.6. The fourth-order valence-corrected chi connectivity index (χ4v) is 6.31. The minimum atomic E-state index is -1.21. The highest BCUT2D eigenvalue weighted by atomic mass is 19.1. The summed E-state index contributed by atoms with van der Waals surface area (Å²) < 4.78 is 40.3. The van der Waals surface area contributed by atoms with Gasteiger partial charge in [0.2, 0.25) is 0 Å². The zero-order chi connectivity index (χ0) is 31.7. The Kier molecular flexibility index (Phi) is 9.26. The Morgan fingerprint density at radius 2 is 1.80 bits per heavy atom. The van der Waals surface area contributed by atoms with Gasteiger partial charge in [0.25, 0.3) is 0 Å². The standard InChI is InChI=1S/C33H45FN6O5/c1-21-14-23-17-35-40(28(23)15-26(21)25-9-10-38(20-27(25)34)32(41)45-33(3,4)5)30-16-29(36-22(2)37-30)39-18-24(19-39)42-12-13-44-31-8-6-7-11-43-31/h14-17,24-25,27,31H,6-13,18-20H2,1-5H3. The summed E-state index contributed by atoms with van der Waals surface area (Å²) in [4.78, 5) is 25.6. The van der Waals surface area contributed by atoms with Crippen LogP contribution in [0.5, 0.6) is 0 Å². The van der Waals surface area contributed by atoms with Crippen molar-refractivity contribution in [3.8, 4) is 5.82 Å². The summed E-state index contributed by atoms with van der Waals surface area (Å²) >= 11 is 0. The lowest BCUT2D eigenvalue weighted by atomic mass is 9.85. The van der Waals surface area contributed by atoms with Crippen LogP contribution in [0, 0.1) is 13.8 Å². The maximum absolute atomic E-state index is 15.6. The zero-order valence-electron chi connectivity index (χ0n) is 27.0. The molecule has 45 heavy (non-hydrogen) atoms. The number of aromatic nitrogens is 4. The van der Waals surface area contributed by atoms with Crippen molar-refractivity contribution < 1.29 is 28.1 Å². The van der Waals surface area contributed by atoms with Gasteiger partial charge in [-0.05, 0) is 83.6 Å². The van der Waals surface area contributed by atoms with E-state index >= 15 is 4.39 Å². The molecule has 0 radical (unpaired) electrons. The number of piperidine rings is 1. The van der Waals surface area contributed by atoms with Crippen LogP contribution in [-0.4, -0.2) is 101 Å². The molecule has 0 aliphatic carbocycles. The molecular formula is C33H45FN6O5. The Morgan fingerprint density at radius 1 is 1.02 bits per heavy atom. The summed E-state index contributed by atoms with van der Waals surface area (Å²) in [5.41, 5.74) is 2.16. The predicted molar refractivity (Wildman–Crippen MR) is 168 cm³/mol. The fraction of sp³-hybridized carbons (Fsp3) is 0.636. The van der Waals surface area contributed by atoms with E-state index in [-0.39, 0.29) is 24.9 Å². The molecule has 244 valence electrons. The number of anilines is 1. The zero-order valence-corrected chi connectivity index (χ0v) is 27.0. The number of alkyl halides is 1. The van der Waals surface area contributed by atoms with Crippen molar-refractivity contribution in [1.82, 2.24) is 24.6 Å². The highest BCUT2D eigenvalue weighted by Gasteiger charge is 2.35. The molecule has 2 aromatic heterocycles. The summed E-state index contributed by atoms with van der Waals surface area (Å²) in [5, 5.41) is 5.62. The first-order chi connectivity index (χ1) is 21.5. The van der Waals surface area contributed by atoms with E-state index < -0.39 is 17.9 Å². The molecule has 5 heterocycles. The summed E-state index contributed by atoms with van der Waals surface area (Å²) in [6.45, 7) is 13.1. The molecule has 3 aromatic rings. The van der Waals surface area contributed by atoms with E-state index in [0.717, 1.165) is 66.8 Å². The molecule has 11 nitrogen and oxygen atoms in total. The van der Waals surface area contributed by atoms with Gasteiger partial charge in [-0.25, -0.2) is 23.8 Å². The average Bonchev–Trinajstić information content (AvgIpc) is 3.37. The smallest absolute Gasteiger partial charge is 0.410 e. The van der Waals surface area contributed by atoms with Crippen LogP contribution >= 0.6 is 0 Å². The van der Waals surface area contributed by atoms with Crippen molar-refractivity contribution in [2.45, 2.75) is 90.4 Å². The summed E-state index contributed by atoms with van der Waals surface area (Å²) in [6.07, 6.45) is 3.86. The lowest BCUT2D eigenvalue weighted by Gasteiger charge is -2.40. The largest absolute Gasteiger partial charge is 0.444 e. The van der Waals surface area contributed by atoms with Gasteiger partial charge < -0.3 is 28.7 Å². The maximum atomic E-state index is 15.6. The van der Waals surface area contributed by atoms with Crippen LogP contribution in [0.4, 0.5) is 15.0 Å². The molecule has 1 amide bonds. The SMILES string of the molecule is Cc1nc(N2CC(OCCOC3CCCCO3)C2)cc(-n2ncc3cc(C)c(C4CCN(C(=O)OC(C)(C)C)CC4F)cc32)n1. The van der Waals surface area contributed by atoms with E-state index in [1.54, 1.807) is 4.68 Å². The highest BCUT2D eigenvalue weighted by Crippen LogP contribution is 2.36. The van der Waals surface area contributed by atoms with Gasteiger partial charge in [-0.15, -0.1) is 0 Å². The second-order valence-corrected chi connectivity index (χ2v) is 13.4. The number of hydrogen-bond donors (Lipinski definition) is 0. The molecule has 6 rings (SSSR count). The molecule has 0 bridgehead atoms. The summed E-state index contributed by atoms with van der Waals surface area (Å²) in [5.74, 6) is 1.78. The van der Waals surface area contributed by atoms with Crippen LogP contribution < -0.4 is 4.90 Å². The number of halogens is 1. The van der Waals surface area contributed by atoms with E-state index in [1.165, 1.54) is 4.90 Å². The Balaban J connectivity index is 1.11. The number of benzene rings is 1. The van der Waals surface area contributed by atoms with E-state index in [2.05, 4.69) is 21.0 Å². The molecule has 3 fully saturated rings. The number of fused-ring (bicyclic) bond motifs is 1. The van der Waals surface area contributed by atoms with Crippen molar-refractivity contribution >= 4 is 22.8 Å². The van der Waals surface area contributed by atoms with E-state index in [1.807, 2.05) is 52.9 Å². The monoisotopic (exact) mass is 624 g/mol. The molecule has 3 saturated heterocycles. The van der Waals surface area contributed by atoms with Crippen LogP contribution in [0.2, 0.25) is 0 Å². The lowest BCUT2D eigenvalue weighted by molar-refractivity contribution is -0.171. The van der Waals surface area contributed by atoms with Gasteiger partial charge in [0.1, 0.15) is 23.4 Å².